The van der Waals surface area contributed by atoms with Crippen LogP contribution in [0.4, 0.5) is 5.82 Å². The molecule has 0 aliphatic heterocycles. The van der Waals surface area contributed by atoms with Crippen LogP contribution in [0.3, 0.4) is 0 Å². The van der Waals surface area contributed by atoms with E-state index in [1.807, 2.05) is 39.0 Å². The highest BCUT2D eigenvalue weighted by atomic mass is 35.5. The Bertz CT molecular complexity index is 646. The zero-order valence-corrected chi connectivity index (χ0v) is 13.2. The molecule has 5 nitrogen and oxygen atoms in total. The topological polar surface area (TPSA) is 73.1 Å². The van der Waals surface area contributed by atoms with Crippen LogP contribution in [0.1, 0.15) is 30.8 Å². The van der Waals surface area contributed by atoms with Crippen LogP contribution >= 0.6 is 11.6 Å². The first kappa shape index (κ1) is 15.5. The number of ether oxygens (including phenoxy) is 1. The Morgan fingerprint density at radius 2 is 2.00 bits per heavy atom. The number of hydrogen-bond acceptors (Lipinski definition) is 5. The molecule has 1 heterocycles. The van der Waals surface area contributed by atoms with E-state index in [4.69, 9.17) is 22.2 Å². The zero-order valence-electron chi connectivity index (χ0n) is 12.4. The fourth-order valence-electron chi connectivity index (χ4n) is 1.94. The largest absolute Gasteiger partial charge is 0.439 e. The molecule has 0 fully saturated rings. The molecule has 0 aliphatic carbocycles. The van der Waals surface area contributed by atoms with Crippen molar-refractivity contribution in [3.63, 3.8) is 0 Å². The van der Waals surface area contributed by atoms with Crippen LogP contribution < -0.4 is 16.0 Å². The van der Waals surface area contributed by atoms with E-state index in [1.165, 1.54) is 0 Å². The van der Waals surface area contributed by atoms with Gasteiger partial charge in [0.2, 0.25) is 5.88 Å². The number of rotatable bonds is 5. The Morgan fingerprint density at radius 3 is 2.62 bits per heavy atom. The number of benzene rings is 1. The van der Waals surface area contributed by atoms with E-state index < -0.39 is 0 Å². The van der Waals surface area contributed by atoms with Gasteiger partial charge in [0, 0.05) is 11.4 Å². The van der Waals surface area contributed by atoms with Gasteiger partial charge in [0.05, 0.1) is 5.56 Å². The third-order valence-corrected chi connectivity index (χ3v) is 3.58. The predicted molar refractivity (Wildman–Crippen MR) is 84.9 cm³/mol. The average molecular weight is 307 g/mol. The van der Waals surface area contributed by atoms with Gasteiger partial charge in [-0.25, -0.2) is 10.8 Å². The molecule has 0 atom stereocenters. The van der Waals surface area contributed by atoms with E-state index >= 15 is 0 Å². The highest BCUT2D eigenvalue weighted by Crippen LogP contribution is 2.29. The van der Waals surface area contributed by atoms with Crippen molar-refractivity contribution >= 4 is 17.4 Å². The Hall–Kier alpha value is -1.85. The third kappa shape index (κ3) is 3.43. The SMILES string of the molecule is CCc1nc(NN)c(C)c(Oc2ccc(Cl)c(CC)c2)n1. The van der Waals surface area contributed by atoms with Gasteiger partial charge in [0.1, 0.15) is 17.4 Å². The van der Waals surface area contributed by atoms with Gasteiger partial charge in [-0.15, -0.1) is 0 Å². The molecule has 6 heteroatoms. The van der Waals surface area contributed by atoms with Gasteiger partial charge in [-0.2, -0.15) is 4.98 Å². The van der Waals surface area contributed by atoms with E-state index in [2.05, 4.69) is 15.4 Å². The minimum Gasteiger partial charge on any atom is -0.439 e. The fourth-order valence-corrected chi connectivity index (χ4v) is 2.19. The molecule has 1 aromatic carbocycles. The van der Waals surface area contributed by atoms with Crippen molar-refractivity contribution in [3.05, 3.63) is 40.2 Å². The quantitative estimate of drug-likeness (QED) is 0.651. The molecule has 1 aromatic heterocycles. The number of nitrogens with one attached hydrogen (secondary N) is 1. The summed E-state index contributed by atoms with van der Waals surface area (Å²) in [5, 5.41) is 0.739. The number of nitrogens with two attached hydrogens (primary N) is 1. The standard InChI is InChI=1S/C15H19ClN4O/c1-4-10-8-11(6-7-12(10)16)21-15-9(3)14(20-17)18-13(5-2)19-15/h6-8H,4-5,17H2,1-3H3,(H,18,19,20). The molecule has 0 bridgehead atoms. The van der Waals surface area contributed by atoms with E-state index in [0.29, 0.717) is 29.7 Å². The van der Waals surface area contributed by atoms with Crippen molar-refractivity contribution in [2.24, 2.45) is 5.84 Å². The van der Waals surface area contributed by atoms with Crippen LogP contribution in [0.2, 0.25) is 5.02 Å². The monoisotopic (exact) mass is 306 g/mol. The molecule has 21 heavy (non-hydrogen) atoms. The predicted octanol–water partition coefficient (Wildman–Crippen LogP) is 3.64. The maximum atomic E-state index is 6.12. The summed E-state index contributed by atoms with van der Waals surface area (Å²) in [5.41, 5.74) is 4.38. The van der Waals surface area contributed by atoms with Crippen molar-refractivity contribution in [3.8, 4) is 11.6 Å². The van der Waals surface area contributed by atoms with Gasteiger partial charge in [-0.1, -0.05) is 25.4 Å². The summed E-state index contributed by atoms with van der Waals surface area (Å²) >= 11 is 6.12. The number of nitrogens with zero attached hydrogens (tertiary/aromatic N) is 2. The van der Waals surface area contributed by atoms with Crippen molar-refractivity contribution in [1.29, 1.82) is 0 Å². The molecule has 2 rings (SSSR count). The Kier molecular flexibility index (Phi) is 4.98. The minimum absolute atomic E-state index is 0.499. The summed E-state index contributed by atoms with van der Waals surface area (Å²) in [6.45, 7) is 5.89. The Labute approximate surface area is 129 Å². The number of hydrogen-bond donors (Lipinski definition) is 2. The fraction of sp³-hybridized carbons (Fsp3) is 0.333. The lowest BCUT2D eigenvalue weighted by molar-refractivity contribution is 0.454. The van der Waals surface area contributed by atoms with Crippen molar-refractivity contribution in [1.82, 2.24) is 9.97 Å². The molecule has 0 unspecified atom stereocenters. The van der Waals surface area contributed by atoms with Crippen LogP contribution in [0.25, 0.3) is 0 Å². The van der Waals surface area contributed by atoms with Gasteiger partial charge in [-0.3, -0.25) is 0 Å². The summed E-state index contributed by atoms with van der Waals surface area (Å²) in [6, 6.07) is 5.57. The first-order chi connectivity index (χ1) is 10.1. The lowest BCUT2D eigenvalue weighted by Crippen LogP contribution is -2.13. The zero-order chi connectivity index (χ0) is 15.4. The maximum absolute atomic E-state index is 6.12. The van der Waals surface area contributed by atoms with E-state index in [-0.39, 0.29) is 0 Å². The number of nitrogen functional groups attached to an aromatic ring is 1. The van der Waals surface area contributed by atoms with Crippen LogP contribution in [0.5, 0.6) is 11.6 Å². The summed E-state index contributed by atoms with van der Waals surface area (Å²) in [5.74, 6) is 7.93. The second-order valence-corrected chi connectivity index (χ2v) is 5.03. The second-order valence-electron chi connectivity index (χ2n) is 4.63. The molecule has 0 radical (unpaired) electrons. The molecule has 2 aromatic rings. The summed E-state index contributed by atoms with van der Waals surface area (Å²) < 4.78 is 5.89. The molecular formula is C15H19ClN4O. The number of halogens is 1. The first-order valence-electron chi connectivity index (χ1n) is 6.89. The molecular weight excluding hydrogens is 288 g/mol. The maximum Gasteiger partial charge on any atom is 0.227 e. The average Bonchev–Trinajstić information content (AvgIpc) is 2.51. The highest BCUT2D eigenvalue weighted by Gasteiger charge is 2.12. The van der Waals surface area contributed by atoms with Crippen molar-refractivity contribution in [2.45, 2.75) is 33.6 Å². The van der Waals surface area contributed by atoms with Crippen LogP contribution in [0.15, 0.2) is 18.2 Å². The van der Waals surface area contributed by atoms with Gasteiger partial charge < -0.3 is 10.2 Å². The normalized spacial score (nSPS) is 10.5. The molecule has 0 spiro atoms. The molecule has 0 amide bonds. The Balaban J connectivity index is 2.38. The molecule has 112 valence electrons. The smallest absolute Gasteiger partial charge is 0.227 e. The number of aromatic nitrogens is 2. The Morgan fingerprint density at radius 1 is 1.24 bits per heavy atom. The molecule has 0 saturated carbocycles. The van der Waals surface area contributed by atoms with E-state index in [9.17, 15) is 0 Å². The number of anilines is 1. The second kappa shape index (κ2) is 6.74. The lowest BCUT2D eigenvalue weighted by atomic mass is 10.1. The molecule has 0 saturated heterocycles. The lowest BCUT2D eigenvalue weighted by Gasteiger charge is -2.13. The summed E-state index contributed by atoms with van der Waals surface area (Å²) in [7, 11) is 0. The van der Waals surface area contributed by atoms with Crippen molar-refractivity contribution < 1.29 is 4.74 Å². The third-order valence-electron chi connectivity index (χ3n) is 3.21. The van der Waals surface area contributed by atoms with Gasteiger partial charge >= 0.3 is 0 Å². The van der Waals surface area contributed by atoms with Crippen molar-refractivity contribution in [2.75, 3.05) is 5.43 Å². The molecule has 0 aliphatic rings. The number of hydrazine groups is 1. The van der Waals surface area contributed by atoms with Gasteiger partial charge in [0.15, 0.2) is 0 Å². The summed E-state index contributed by atoms with van der Waals surface area (Å²) in [4.78, 5) is 8.72. The van der Waals surface area contributed by atoms with Gasteiger partial charge in [-0.05, 0) is 37.1 Å². The van der Waals surface area contributed by atoms with E-state index in [0.717, 1.165) is 22.6 Å². The highest BCUT2D eigenvalue weighted by molar-refractivity contribution is 6.31. The van der Waals surface area contributed by atoms with E-state index in [1.54, 1.807) is 0 Å². The van der Waals surface area contributed by atoms with Crippen LogP contribution in [-0.4, -0.2) is 9.97 Å². The van der Waals surface area contributed by atoms with Gasteiger partial charge in [0.25, 0.3) is 0 Å². The molecule has 3 N–H and O–H groups in total. The minimum atomic E-state index is 0.499. The summed E-state index contributed by atoms with van der Waals surface area (Å²) in [6.07, 6.45) is 1.54. The van der Waals surface area contributed by atoms with Crippen LogP contribution in [-0.2, 0) is 12.8 Å². The van der Waals surface area contributed by atoms with Crippen LogP contribution in [0, 0.1) is 6.92 Å². The first-order valence-corrected chi connectivity index (χ1v) is 7.27. The number of aryl methyl sites for hydroxylation is 2.